The van der Waals surface area contributed by atoms with Crippen molar-refractivity contribution in [3.8, 4) is 0 Å². The van der Waals surface area contributed by atoms with Crippen LogP contribution in [0.3, 0.4) is 0 Å². The van der Waals surface area contributed by atoms with Crippen molar-refractivity contribution in [2.24, 2.45) is 0 Å². The lowest BCUT2D eigenvalue weighted by molar-refractivity contribution is -0.384. The van der Waals surface area contributed by atoms with E-state index >= 15 is 0 Å². The van der Waals surface area contributed by atoms with E-state index in [1.165, 1.54) is 12.1 Å². The van der Waals surface area contributed by atoms with E-state index in [4.69, 9.17) is 16.3 Å². The number of carbonyl (C=O) groups excluding carboxylic acids is 2. The number of nitro groups is 1. The van der Waals surface area contributed by atoms with E-state index in [9.17, 15) is 19.7 Å². The summed E-state index contributed by atoms with van der Waals surface area (Å²) in [5.41, 5.74) is 0.803. The Morgan fingerprint density at radius 3 is 2.39 bits per heavy atom. The molecule has 2 aromatic carbocycles. The minimum absolute atomic E-state index is 0.00891. The number of hydrogen-bond acceptors (Lipinski definition) is 6. The lowest BCUT2D eigenvalue weighted by Gasteiger charge is -2.38. The van der Waals surface area contributed by atoms with Gasteiger partial charge in [0.25, 0.3) is 11.6 Å². The maximum atomic E-state index is 13.0. The molecule has 1 saturated heterocycles. The van der Waals surface area contributed by atoms with Gasteiger partial charge in [-0.1, -0.05) is 29.8 Å². The van der Waals surface area contributed by atoms with Gasteiger partial charge in [0.1, 0.15) is 0 Å². The number of hydrogen-bond donors (Lipinski definition) is 0. The summed E-state index contributed by atoms with van der Waals surface area (Å²) >= 11 is 6.32. The van der Waals surface area contributed by atoms with Crippen molar-refractivity contribution in [3.05, 3.63) is 74.3 Å². The van der Waals surface area contributed by atoms with Gasteiger partial charge in [0.15, 0.2) is 0 Å². The number of rotatable bonds is 6. The van der Waals surface area contributed by atoms with Crippen LogP contribution in [0.4, 0.5) is 5.69 Å². The van der Waals surface area contributed by atoms with Gasteiger partial charge >= 0.3 is 5.97 Å². The molecule has 0 radical (unpaired) electrons. The third-order valence-corrected chi connectivity index (χ3v) is 5.74. The highest BCUT2D eigenvalue weighted by Gasteiger charge is 2.28. The van der Waals surface area contributed by atoms with E-state index < -0.39 is 10.9 Å². The molecule has 8 nitrogen and oxygen atoms in total. The molecule has 9 heteroatoms. The summed E-state index contributed by atoms with van der Waals surface area (Å²) in [5, 5.41) is 12.0. The molecule has 2 aromatic rings. The maximum Gasteiger partial charge on any atom is 0.338 e. The van der Waals surface area contributed by atoms with Crippen molar-refractivity contribution in [1.29, 1.82) is 0 Å². The van der Waals surface area contributed by atoms with E-state index in [0.29, 0.717) is 31.2 Å². The Kier molecular flexibility index (Phi) is 7.25. The fourth-order valence-corrected chi connectivity index (χ4v) is 3.97. The molecule has 0 spiro atoms. The quantitative estimate of drug-likeness (QED) is 0.380. The fraction of sp³-hybridized carbons (Fsp3) is 0.364. The number of piperazine rings is 1. The molecule has 1 heterocycles. The molecular formula is C22H24ClN3O5. The topological polar surface area (TPSA) is 93.0 Å². The van der Waals surface area contributed by atoms with Gasteiger partial charge in [-0.3, -0.25) is 19.8 Å². The number of ether oxygens (including phenoxy) is 1. The van der Waals surface area contributed by atoms with E-state index in [0.717, 1.165) is 11.6 Å². The van der Waals surface area contributed by atoms with E-state index in [2.05, 4.69) is 11.8 Å². The Balaban J connectivity index is 1.73. The van der Waals surface area contributed by atoms with Crippen LogP contribution in [0.15, 0.2) is 42.5 Å². The summed E-state index contributed by atoms with van der Waals surface area (Å²) in [7, 11) is 0. The molecule has 0 aromatic heterocycles. The summed E-state index contributed by atoms with van der Waals surface area (Å²) in [4.78, 5) is 39.6. The van der Waals surface area contributed by atoms with Crippen molar-refractivity contribution in [2.75, 3.05) is 32.8 Å². The van der Waals surface area contributed by atoms with Gasteiger partial charge in [-0.2, -0.15) is 0 Å². The van der Waals surface area contributed by atoms with Crippen molar-refractivity contribution in [1.82, 2.24) is 9.80 Å². The molecule has 164 valence electrons. The van der Waals surface area contributed by atoms with Gasteiger partial charge in [-0.15, -0.1) is 0 Å². The van der Waals surface area contributed by atoms with Crippen LogP contribution in [0.2, 0.25) is 5.02 Å². The SMILES string of the molecule is CCOC(=O)c1cc(C(=O)N2CCN(C(C)c3ccccc3Cl)CC2)cc([N+](=O)[O-])c1. The van der Waals surface area contributed by atoms with Crippen molar-refractivity contribution < 1.29 is 19.2 Å². The monoisotopic (exact) mass is 445 g/mol. The van der Waals surface area contributed by atoms with Crippen LogP contribution in [0.1, 0.15) is 46.2 Å². The predicted molar refractivity (Wildman–Crippen MR) is 116 cm³/mol. The van der Waals surface area contributed by atoms with Gasteiger partial charge in [0.05, 0.1) is 17.1 Å². The zero-order valence-electron chi connectivity index (χ0n) is 17.4. The van der Waals surface area contributed by atoms with Gasteiger partial charge in [-0.25, -0.2) is 4.79 Å². The number of carbonyl (C=O) groups is 2. The standard InChI is InChI=1S/C22H24ClN3O5/c1-3-31-22(28)17-12-16(13-18(14-17)26(29)30)21(27)25-10-8-24(9-11-25)15(2)19-6-4-5-7-20(19)23/h4-7,12-15H,3,8-11H2,1-2H3. The molecule has 1 aliphatic rings. The molecule has 0 N–H and O–H groups in total. The molecule has 1 aliphatic heterocycles. The summed E-state index contributed by atoms with van der Waals surface area (Å²) in [6, 6.07) is 11.5. The van der Waals surface area contributed by atoms with E-state index in [1.54, 1.807) is 11.8 Å². The third-order valence-electron chi connectivity index (χ3n) is 5.39. The normalized spacial score (nSPS) is 15.4. The highest BCUT2D eigenvalue weighted by molar-refractivity contribution is 6.31. The van der Waals surface area contributed by atoms with Crippen molar-refractivity contribution >= 4 is 29.2 Å². The van der Waals surface area contributed by atoms with Gasteiger partial charge < -0.3 is 9.64 Å². The number of halogens is 1. The summed E-state index contributed by atoms with van der Waals surface area (Å²) in [6.07, 6.45) is 0. The Bertz CT molecular complexity index is 989. The van der Waals surface area contributed by atoms with Crippen molar-refractivity contribution in [3.63, 3.8) is 0 Å². The first-order valence-electron chi connectivity index (χ1n) is 10.1. The van der Waals surface area contributed by atoms with Gasteiger partial charge in [0, 0.05) is 54.9 Å². The van der Waals surface area contributed by atoms with E-state index in [1.807, 2.05) is 24.3 Å². The van der Waals surface area contributed by atoms with Crippen LogP contribution in [0.5, 0.6) is 0 Å². The van der Waals surface area contributed by atoms with Gasteiger partial charge in [0.2, 0.25) is 0 Å². The second-order valence-electron chi connectivity index (χ2n) is 7.27. The first-order valence-corrected chi connectivity index (χ1v) is 10.4. The van der Waals surface area contributed by atoms with Crippen LogP contribution < -0.4 is 0 Å². The number of esters is 1. The zero-order chi connectivity index (χ0) is 22.5. The molecule has 3 rings (SSSR count). The lowest BCUT2D eigenvalue weighted by atomic mass is 10.1. The second-order valence-corrected chi connectivity index (χ2v) is 7.68. The minimum Gasteiger partial charge on any atom is -0.462 e. The number of non-ortho nitro benzene ring substituents is 1. The first-order chi connectivity index (χ1) is 14.8. The number of amides is 1. The summed E-state index contributed by atoms with van der Waals surface area (Å²) < 4.78 is 4.93. The largest absolute Gasteiger partial charge is 0.462 e. The Hall–Kier alpha value is -2.97. The maximum absolute atomic E-state index is 13.0. The Morgan fingerprint density at radius 2 is 1.77 bits per heavy atom. The number of nitro benzene ring substituents is 1. The average molecular weight is 446 g/mol. The fourth-order valence-electron chi connectivity index (χ4n) is 3.68. The average Bonchev–Trinajstić information content (AvgIpc) is 2.78. The molecule has 0 aliphatic carbocycles. The van der Waals surface area contributed by atoms with E-state index in [-0.39, 0.29) is 35.4 Å². The Labute approximate surface area is 185 Å². The van der Waals surface area contributed by atoms with Crippen LogP contribution in [0.25, 0.3) is 0 Å². The highest BCUT2D eigenvalue weighted by atomic mass is 35.5. The minimum atomic E-state index is -0.696. The summed E-state index contributed by atoms with van der Waals surface area (Å²) in [5.74, 6) is -1.04. The Morgan fingerprint density at radius 1 is 1.13 bits per heavy atom. The molecule has 1 unspecified atom stereocenters. The smallest absolute Gasteiger partial charge is 0.338 e. The summed E-state index contributed by atoms with van der Waals surface area (Å²) in [6.45, 7) is 6.05. The number of nitrogens with zero attached hydrogens (tertiary/aromatic N) is 3. The van der Waals surface area contributed by atoms with Crippen LogP contribution in [-0.2, 0) is 4.74 Å². The predicted octanol–water partition coefficient (Wildman–Crippen LogP) is 3.94. The van der Waals surface area contributed by atoms with Crippen LogP contribution in [-0.4, -0.2) is 59.4 Å². The molecule has 1 fully saturated rings. The molecule has 1 amide bonds. The number of benzene rings is 2. The zero-order valence-corrected chi connectivity index (χ0v) is 18.2. The van der Waals surface area contributed by atoms with Crippen LogP contribution in [0, 0.1) is 10.1 Å². The third kappa shape index (κ3) is 5.21. The van der Waals surface area contributed by atoms with Crippen LogP contribution >= 0.6 is 11.6 Å². The molecule has 0 bridgehead atoms. The molecular weight excluding hydrogens is 422 g/mol. The molecule has 31 heavy (non-hydrogen) atoms. The van der Waals surface area contributed by atoms with Crippen molar-refractivity contribution in [2.45, 2.75) is 19.9 Å². The molecule has 1 atom stereocenters. The lowest BCUT2D eigenvalue weighted by Crippen LogP contribution is -2.49. The first kappa shape index (κ1) is 22.7. The van der Waals surface area contributed by atoms with Gasteiger partial charge in [-0.05, 0) is 31.5 Å². The second kappa shape index (κ2) is 9.89. The molecule has 0 saturated carbocycles. The highest BCUT2D eigenvalue weighted by Crippen LogP contribution is 2.28.